The van der Waals surface area contributed by atoms with Gasteiger partial charge in [-0.2, -0.15) is 0 Å². The Hall–Kier alpha value is -2.04. The molecule has 0 radical (unpaired) electrons. The molecule has 0 unspecified atom stereocenters. The molecular formula is C9H8O5. The molecule has 0 saturated heterocycles. The van der Waals surface area contributed by atoms with Crippen LogP contribution in [0.5, 0.6) is 11.5 Å². The third-order valence-electron chi connectivity index (χ3n) is 1.38. The fourth-order valence-electron chi connectivity index (χ4n) is 0.858. The highest BCUT2D eigenvalue weighted by Gasteiger charge is 2.05. The van der Waals surface area contributed by atoms with Crippen molar-refractivity contribution in [3.8, 4) is 11.5 Å². The van der Waals surface area contributed by atoms with E-state index in [-0.39, 0.29) is 18.0 Å². The number of carbonyl (C=O) groups is 2. The van der Waals surface area contributed by atoms with Crippen LogP contribution >= 0.6 is 0 Å². The summed E-state index contributed by atoms with van der Waals surface area (Å²) in [6, 6.07) is 6.31. The van der Waals surface area contributed by atoms with Crippen LogP contribution in [0.25, 0.3) is 0 Å². The summed E-state index contributed by atoms with van der Waals surface area (Å²) in [6.07, 6.45) is 0. The van der Waals surface area contributed by atoms with Gasteiger partial charge in [-0.3, -0.25) is 4.79 Å². The molecule has 0 fully saturated rings. The van der Waals surface area contributed by atoms with Gasteiger partial charge in [0.2, 0.25) is 0 Å². The first kappa shape index (κ1) is 10.0. The lowest BCUT2D eigenvalue weighted by Gasteiger charge is -2.06. The molecule has 1 rings (SSSR count). The van der Waals surface area contributed by atoms with E-state index in [1.807, 2.05) is 0 Å². The first-order valence-corrected chi connectivity index (χ1v) is 3.78. The van der Waals surface area contributed by atoms with Crippen LogP contribution in [0.15, 0.2) is 24.3 Å². The van der Waals surface area contributed by atoms with Gasteiger partial charge in [-0.1, -0.05) is 12.1 Å². The van der Waals surface area contributed by atoms with Crippen molar-refractivity contribution in [2.75, 3.05) is 6.61 Å². The van der Waals surface area contributed by atoms with Crippen molar-refractivity contribution in [3.63, 3.8) is 0 Å². The maximum absolute atomic E-state index is 10.2. The van der Waals surface area contributed by atoms with E-state index in [9.17, 15) is 9.59 Å². The van der Waals surface area contributed by atoms with Gasteiger partial charge in [0, 0.05) is 0 Å². The maximum Gasteiger partial charge on any atom is 0.341 e. The summed E-state index contributed by atoms with van der Waals surface area (Å²) in [5, 5.41) is 8.36. The predicted octanol–water partition coefficient (Wildman–Crippen LogP) is 0.685. The molecule has 0 heterocycles. The minimum Gasteiger partial charge on any atom is -0.479 e. The van der Waals surface area contributed by atoms with E-state index in [0.717, 1.165) is 0 Å². The Morgan fingerprint density at radius 2 is 2.00 bits per heavy atom. The number of hydrogen-bond acceptors (Lipinski definition) is 4. The van der Waals surface area contributed by atoms with Gasteiger partial charge in [0.1, 0.15) is 0 Å². The fraction of sp³-hybridized carbons (Fsp3) is 0.111. The van der Waals surface area contributed by atoms with Gasteiger partial charge in [0.25, 0.3) is 6.47 Å². The normalized spacial score (nSPS) is 9.14. The van der Waals surface area contributed by atoms with Crippen LogP contribution in [0.3, 0.4) is 0 Å². The average molecular weight is 196 g/mol. The largest absolute Gasteiger partial charge is 0.479 e. The smallest absolute Gasteiger partial charge is 0.341 e. The fourth-order valence-corrected chi connectivity index (χ4v) is 0.858. The Balaban J connectivity index is 2.73. The lowest BCUT2D eigenvalue weighted by molar-refractivity contribution is -0.139. The zero-order valence-electron chi connectivity index (χ0n) is 7.17. The van der Waals surface area contributed by atoms with Crippen LogP contribution in [0.4, 0.5) is 0 Å². The topological polar surface area (TPSA) is 72.8 Å². The van der Waals surface area contributed by atoms with E-state index >= 15 is 0 Å². The van der Waals surface area contributed by atoms with Gasteiger partial charge in [-0.25, -0.2) is 4.79 Å². The van der Waals surface area contributed by atoms with E-state index in [2.05, 4.69) is 4.74 Å². The third kappa shape index (κ3) is 2.78. The Morgan fingerprint density at radius 3 is 2.57 bits per heavy atom. The molecule has 14 heavy (non-hydrogen) atoms. The predicted molar refractivity (Wildman–Crippen MR) is 46.3 cm³/mol. The molecule has 1 N–H and O–H groups in total. The Morgan fingerprint density at radius 1 is 1.36 bits per heavy atom. The van der Waals surface area contributed by atoms with Crippen molar-refractivity contribution in [1.82, 2.24) is 0 Å². The van der Waals surface area contributed by atoms with E-state index in [1.54, 1.807) is 12.1 Å². The van der Waals surface area contributed by atoms with Crippen LogP contribution in [-0.2, 0) is 9.59 Å². The highest BCUT2D eigenvalue weighted by molar-refractivity contribution is 5.68. The number of carboxylic acids is 1. The van der Waals surface area contributed by atoms with Gasteiger partial charge in [0.05, 0.1) is 0 Å². The Labute approximate surface area is 79.9 Å². The molecule has 0 amide bonds. The SMILES string of the molecule is O=COc1ccccc1OCC(=O)O. The summed E-state index contributed by atoms with van der Waals surface area (Å²) >= 11 is 0. The summed E-state index contributed by atoms with van der Waals surface area (Å²) in [7, 11) is 0. The number of carboxylic acid groups (broad SMARTS) is 1. The quantitative estimate of drug-likeness (QED) is 0.701. The van der Waals surface area contributed by atoms with Crippen LogP contribution in [0, 0.1) is 0 Å². The summed E-state index contributed by atoms with van der Waals surface area (Å²) in [4.78, 5) is 20.3. The van der Waals surface area contributed by atoms with Crippen molar-refractivity contribution in [3.05, 3.63) is 24.3 Å². The minimum absolute atomic E-state index is 0.198. The lowest BCUT2D eigenvalue weighted by Crippen LogP contribution is -2.10. The van der Waals surface area contributed by atoms with Crippen molar-refractivity contribution >= 4 is 12.4 Å². The number of rotatable bonds is 5. The first-order chi connectivity index (χ1) is 6.74. The number of aliphatic carboxylic acids is 1. The van der Waals surface area contributed by atoms with Crippen molar-refractivity contribution in [1.29, 1.82) is 0 Å². The molecule has 5 nitrogen and oxygen atoms in total. The molecule has 5 heteroatoms. The standard InChI is InChI=1S/C9H8O5/c10-6-14-8-4-2-1-3-7(8)13-5-9(11)12/h1-4,6H,5H2,(H,11,12). The molecule has 0 atom stereocenters. The van der Waals surface area contributed by atoms with Gasteiger partial charge in [-0.15, -0.1) is 0 Å². The monoisotopic (exact) mass is 196 g/mol. The number of ether oxygens (including phenoxy) is 2. The molecule has 0 aliphatic carbocycles. The molecule has 1 aromatic carbocycles. The second-order valence-corrected chi connectivity index (χ2v) is 2.34. The van der Waals surface area contributed by atoms with Crippen molar-refractivity contribution in [2.45, 2.75) is 0 Å². The molecule has 74 valence electrons. The zero-order valence-corrected chi connectivity index (χ0v) is 7.17. The van der Waals surface area contributed by atoms with E-state index < -0.39 is 12.6 Å². The minimum atomic E-state index is -1.09. The zero-order chi connectivity index (χ0) is 10.4. The summed E-state index contributed by atoms with van der Waals surface area (Å²) in [6.45, 7) is -0.220. The molecule has 0 spiro atoms. The molecule has 0 bridgehead atoms. The van der Waals surface area contributed by atoms with E-state index in [1.165, 1.54) is 12.1 Å². The highest BCUT2D eigenvalue weighted by Crippen LogP contribution is 2.25. The average Bonchev–Trinajstić information content (AvgIpc) is 2.17. The van der Waals surface area contributed by atoms with Crippen molar-refractivity contribution in [2.24, 2.45) is 0 Å². The highest BCUT2D eigenvalue weighted by atomic mass is 16.5. The summed E-state index contributed by atoms with van der Waals surface area (Å²) in [5.74, 6) is -0.670. The Kier molecular flexibility index (Phi) is 3.49. The number of benzene rings is 1. The Bertz CT molecular complexity index is 334. The van der Waals surface area contributed by atoms with Crippen LogP contribution in [-0.4, -0.2) is 24.2 Å². The van der Waals surface area contributed by atoms with Crippen LogP contribution < -0.4 is 9.47 Å². The maximum atomic E-state index is 10.2. The van der Waals surface area contributed by atoms with E-state index in [0.29, 0.717) is 0 Å². The molecule has 0 aromatic heterocycles. The number of hydrogen-bond donors (Lipinski definition) is 1. The number of carbonyl (C=O) groups excluding carboxylic acids is 1. The molecule has 0 aliphatic heterocycles. The summed E-state index contributed by atoms with van der Waals surface area (Å²) < 4.78 is 9.44. The van der Waals surface area contributed by atoms with Crippen LogP contribution in [0.1, 0.15) is 0 Å². The van der Waals surface area contributed by atoms with Crippen LogP contribution in [0.2, 0.25) is 0 Å². The lowest BCUT2D eigenvalue weighted by atomic mass is 10.3. The number of para-hydroxylation sites is 2. The van der Waals surface area contributed by atoms with Gasteiger partial charge in [-0.05, 0) is 12.1 Å². The second kappa shape index (κ2) is 4.86. The molecule has 0 aliphatic rings. The second-order valence-electron chi connectivity index (χ2n) is 2.34. The van der Waals surface area contributed by atoms with Gasteiger partial charge >= 0.3 is 5.97 Å². The van der Waals surface area contributed by atoms with E-state index in [4.69, 9.17) is 9.84 Å². The summed E-state index contributed by atoms with van der Waals surface area (Å²) in [5.41, 5.74) is 0. The molecule has 0 saturated carbocycles. The molecular weight excluding hydrogens is 188 g/mol. The molecule has 1 aromatic rings. The van der Waals surface area contributed by atoms with Crippen molar-refractivity contribution < 1.29 is 24.2 Å². The first-order valence-electron chi connectivity index (χ1n) is 3.78. The third-order valence-corrected chi connectivity index (χ3v) is 1.38. The van der Waals surface area contributed by atoms with Gasteiger partial charge < -0.3 is 14.6 Å². The van der Waals surface area contributed by atoms with Gasteiger partial charge in [0.15, 0.2) is 18.1 Å².